The Morgan fingerprint density at radius 2 is 2.04 bits per heavy atom. The summed E-state index contributed by atoms with van der Waals surface area (Å²) in [6, 6.07) is 9.27. The second-order valence-corrected chi connectivity index (χ2v) is 5.29. The number of amides is 1. The Hall–Kier alpha value is -2.93. The lowest BCUT2D eigenvalue weighted by atomic mass is 10.2. The van der Waals surface area contributed by atoms with Gasteiger partial charge in [0.2, 0.25) is 0 Å². The van der Waals surface area contributed by atoms with E-state index in [4.69, 9.17) is 4.74 Å². The molecule has 3 rings (SSSR count). The summed E-state index contributed by atoms with van der Waals surface area (Å²) in [5.41, 5.74) is 1.66. The van der Waals surface area contributed by atoms with Crippen LogP contribution in [0.1, 0.15) is 16.1 Å². The van der Waals surface area contributed by atoms with Crippen molar-refractivity contribution in [1.29, 1.82) is 0 Å². The van der Waals surface area contributed by atoms with Crippen molar-refractivity contribution in [3.8, 4) is 0 Å². The second-order valence-electron chi connectivity index (χ2n) is 5.29. The summed E-state index contributed by atoms with van der Waals surface area (Å²) < 4.78 is 8.64. The SMILES string of the molecule is COCCn1ccc(NC(=O)c2cccn2Cc2ccncc2)n1. The Morgan fingerprint density at radius 3 is 2.83 bits per heavy atom. The highest BCUT2D eigenvalue weighted by molar-refractivity contribution is 6.02. The first-order chi connectivity index (χ1) is 11.8. The van der Waals surface area contributed by atoms with Gasteiger partial charge in [0.1, 0.15) is 5.69 Å². The van der Waals surface area contributed by atoms with Crippen LogP contribution in [-0.2, 0) is 17.8 Å². The summed E-state index contributed by atoms with van der Waals surface area (Å²) in [7, 11) is 1.64. The largest absolute Gasteiger partial charge is 0.383 e. The number of nitrogens with one attached hydrogen (secondary N) is 1. The first-order valence-electron chi connectivity index (χ1n) is 7.64. The highest BCUT2D eigenvalue weighted by Crippen LogP contribution is 2.10. The van der Waals surface area contributed by atoms with Crippen LogP contribution in [0.2, 0.25) is 0 Å². The number of anilines is 1. The van der Waals surface area contributed by atoms with E-state index in [-0.39, 0.29) is 5.91 Å². The van der Waals surface area contributed by atoms with Crippen LogP contribution in [0.15, 0.2) is 55.1 Å². The van der Waals surface area contributed by atoms with Gasteiger partial charge in [0, 0.05) is 44.5 Å². The molecule has 0 spiro atoms. The van der Waals surface area contributed by atoms with Gasteiger partial charge in [-0.05, 0) is 29.8 Å². The summed E-state index contributed by atoms with van der Waals surface area (Å²) in [4.78, 5) is 16.5. The van der Waals surface area contributed by atoms with Crippen molar-refractivity contribution in [2.75, 3.05) is 19.0 Å². The van der Waals surface area contributed by atoms with E-state index in [0.29, 0.717) is 31.2 Å². The topological polar surface area (TPSA) is 74.0 Å². The molecule has 1 amide bonds. The van der Waals surface area contributed by atoms with Gasteiger partial charge in [-0.3, -0.25) is 14.5 Å². The van der Waals surface area contributed by atoms with E-state index in [2.05, 4.69) is 15.4 Å². The van der Waals surface area contributed by atoms with Crippen molar-refractivity contribution in [2.45, 2.75) is 13.1 Å². The quantitative estimate of drug-likeness (QED) is 0.721. The minimum absolute atomic E-state index is 0.189. The minimum atomic E-state index is -0.189. The molecule has 7 nitrogen and oxygen atoms in total. The molecule has 0 aliphatic rings. The van der Waals surface area contributed by atoms with Crippen molar-refractivity contribution in [3.63, 3.8) is 0 Å². The number of nitrogens with zero attached hydrogens (tertiary/aromatic N) is 4. The van der Waals surface area contributed by atoms with Gasteiger partial charge in [0.05, 0.1) is 13.2 Å². The van der Waals surface area contributed by atoms with Gasteiger partial charge < -0.3 is 14.6 Å². The molecule has 24 heavy (non-hydrogen) atoms. The highest BCUT2D eigenvalue weighted by atomic mass is 16.5. The number of methoxy groups -OCH3 is 1. The van der Waals surface area contributed by atoms with Crippen molar-refractivity contribution in [1.82, 2.24) is 19.3 Å². The summed E-state index contributed by atoms with van der Waals surface area (Å²) in [5, 5.41) is 7.12. The van der Waals surface area contributed by atoms with Crippen molar-refractivity contribution >= 4 is 11.7 Å². The number of hydrogen-bond acceptors (Lipinski definition) is 4. The molecule has 0 atom stereocenters. The van der Waals surface area contributed by atoms with Crippen molar-refractivity contribution in [2.24, 2.45) is 0 Å². The zero-order valence-corrected chi connectivity index (χ0v) is 13.4. The second kappa shape index (κ2) is 7.56. The number of carbonyl (C=O) groups excluding carboxylic acids is 1. The minimum Gasteiger partial charge on any atom is -0.383 e. The van der Waals surface area contributed by atoms with E-state index >= 15 is 0 Å². The summed E-state index contributed by atoms with van der Waals surface area (Å²) in [6.07, 6.45) is 7.17. The van der Waals surface area contributed by atoms with Crippen LogP contribution in [0.4, 0.5) is 5.82 Å². The van der Waals surface area contributed by atoms with Gasteiger partial charge in [0.15, 0.2) is 5.82 Å². The summed E-state index contributed by atoms with van der Waals surface area (Å²) in [5.74, 6) is 0.332. The highest BCUT2D eigenvalue weighted by Gasteiger charge is 2.12. The molecule has 0 aromatic carbocycles. The van der Waals surface area contributed by atoms with Gasteiger partial charge in [-0.1, -0.05) is 0 Å². The van der Waals surface area contributed by atoms with Crippen LogP contribution in [0.25, 0.3) is 0 Å². The van der Waals surface area contributed by atoms with Crippen LogP contribution in [0.5, 0.6) is 0 Å². The fourth-order valence-corrected chi connectivity index (χ4v) is 2.36. The fraction of sp³-hybridized carbons (Fsp3) is 0.235. The van der Waals surface area contributed by atoms with E-state index in [9.17, 15) is 4.79 Å². The lowest BCUT2D eigenvalue weighted by Crippen LogP contribution is -2.18. The van der Waals surface area contributed by atoms with Crippen LogP contribution in [0.3, 0.4) is 0 Å². The number of rotatable bonds is 7. The lowest BCUT2D eigenvalue weighted by Gasteiger charge is -2.09. The average Bonchev–Trinajstić information content (AvgIpc) is 3.23. The Balaban J connectivity index is 1.67. The first-order valence-corrected chi connectivity index (χ1v) is 7.64. The van der Waals surface area contributed by atoms with Crippen LogP contribution in [0, 0.1) is 0 Å². The number of ether oxygens (including phenoxy) is 1. The molecule has 124 valence electrons. The Kier molecular flexibility index (Phi) is 5.02. The standard InChI is InChI=1S/C17H19N5O2/c1-24-12-11-22-10-6-16(20-22)19-17(23)15-3-2-9-21(15)13-14-4-7-18-8-5-14/h2-10H,11-13H2,1H3,(H,19,20,23). The molecule has 0 saturated heterocycles. The third-order valence-electron chi connectivity index (χ3n) is 3.57. The van der Waals surface area contributed by atoms with Crippen LogP contribution >= 0.6 is 0 Å². The Labute approximate surface area is 139 Å². The molecule has 0 saturated carbocycles. The molecular weight excluding hydrogens is 306 g/mol. The maximum atomic E-state index is 12.5. The smallest absolute Gasteiger partial charge is 0.273 e. The molecule has 1 N–H and O–H groups in total. The third kappa shape index (κ3) is 3.88. The number of hydrogen-bond donors (Lipinski definition) is 1. The zero-order valence-electron chi connectivity index (χ0n) is 13.4. The predicted octanol–water partition coefficient (Wildman–Crippen LogP) is 2.03. The molecule has 0 unspecified atom stereocenters. The lowest BCUT2D eigenvalue weighted by molar-refractivity contribution is 0.101. The summed E-state index contributed by atoms with van der Waals surface area (Å²) in [6.45, 7) is 1.83. The van der Waals surface area contributed by atoms with Gasteiger partial charge in [-0.15, -0.1) is 0 Å². The molecular formula is C17H19N5O2. The van der Waals surface area contributed by atoms with E-state index in [0.717, 1.165) is 5.56 Å². The zero-order chi connectivity index (χ0) is 16.8. The monoisotopic (exact) mass is 325 g/mol. The first kappa shape index (κ1) is 15.9. The maximum Gasteiger partial charge on any atom is 0.273 e. The Bertz CT molecular complexity index is 794. The van der Waals surface area contributed by atoms with E-state index in [1.165, 1.54) is 0 Å². The summed E-state index contributed by atoms with van der Waals surface area (Å²) >= 11 is 0. The molecule has 3 aromatic heterocycles. The van der Waals surface area contributed by atoms with E-state index in [1.807, 2.05) is 35.2 Å². The number of pyridine rings is 1. The predicted molar refractivity (Wildman–Crippen MR) is 89.8 cm³/mol. The van der Waals surface area contributed by atoms with Gasteiger partial charge in [-0.2, -0.15) is 5.10 Å². The van der Waals surface area contributed by atoms with E-state index in [1.54, 1.807) is 36.3 Å². The Morgan fingerprint density at radius 1 is 1.21 bits per heavy atom. The molecule has 0 radical (unpaired) electrons. The maximum absolute atomic E-state index is 12.5. The molecule has 0 aliphatic heterocycles. The molecule has 0 bridgehead atoms. The molecule has 7 heteroatoms. The molecule has 3 heterocycles. The fourth-order valence-electron chi connectivity index (χ4n) is 2.36. The van der Waals surface area contributed by atoms with Crippen molar-refractivity contribution in [3.05, 3.63) is 66.4 Å². The van der Waals surface area contributed by atoms with Gasteiger partial charge in [0.25, 0.3) is 5.91 Å². The number of aromatic nitrogens is 4. The van der Waals surface area contributed by atoms with Crippen molar-refractivity contribution < 1.29 is 9.53 Å². The number of carbonyl (C=O) groups is 1. The average molecular weight is 325 g/mol. The third-order valence-corrected chi connectivity index (χ3v) is 3.57. The molecule has 0 fully saturated rings. The molecule has 0 aliphatic carbocycles. The van der Waals surface area contributed by atoms with Crippen LogP contribution < -0.4 is 5.32 Å². The molecule has 3 aromatic rings. The van der Waals surface area contributed by atoms with Crippen LogP contribution in [-0.4, -0.2) is 39.0 Å². The normalized spacial score (nSPS) is 10.7. The van der Waals surface area contributed by atoms with Gasteiger partial charge in [-0.25, -0.2) is 0 Å². The van der Waals surface area contributed by atoms with Gasteiger partial charge >= 0.3 is 0 Å². The van der Waals surface area contributed by atoms with E-state index < -0.39 is 0 Å².